The maximum atomic E-state index is 12.2. The molecular weight excluding hydrogens is 294 g/mol. The zero-order valence-electron chi connectivity index (χ0n) is 12.2. The summed E-state index contributed by atoms with van der Waals surface area (Å²) in [5.74, 6) is -0.550. The SMILES string of the molecule is COCCCNC(=O)CN(C)C(=O)c1ccc(Cl)cc1N. The molecule has 1 rings (SSSR count). The van der Waals surface area contributed by atoms with Crippen molar-refractivity contribution >= 4 is 29.1 Å². The quantitative estimate of drug-likeness (QED) is 0.584. The molecule has 0 heterocycles. The normalized spacial score (nSPS) is 10.2. The molecule has 21 heavy (non-hydrogen) atoms. The minimum Gasteiger partial charge on any atom is -0.398 e. The average molecular weight is 314 g/mol. The van der Waals surface area contributed by atoms with Gasteiger partial charge in [0, 0.05) is 38.0 Å². The average Bonchev–Trinajstić information content (AvgIpc) is 2.43. The van der Waals surface area contributed by atoms with Crippen molar-refractivity contribution in [3.05, 3.63) is 28.8 Å². The third kappa shape index (κ3) is 5.61. The summed E-state index contributed by atoms with van der Waals surface area (Å²) in [6.07, 6.45) is 0.726. The van der Waals surface area contributed by atoms with Gasteiger partial charge < -0.3 is 20.7 Å². The Morgan fingerprint density at radius 3 is 2.76 bits per heavy atom. The highest BCUT2D eigenvalue weighted by atomic mass is 35.5. The smallest absolute Gasteiger partial charge is 0.256 e. The summed E-state index contributed by atoms with van der Waals surface area (Å²) in [6, 6.07) is 4.64. The number of nitrogens with zero attached hydrogens (tertiary/aromatic N) is 1. The van der Waals surface area contributed by atoms with E-state index in [4.69, 9.17) is 22.1 Å². The Hall–Kier alpha value is -1.79. The minimum atomic E-state index is -0.323. The van der Waals surface area contributed by atoms with Crippen molar-refractivity contribution in [2.75, 3.05) is 39.6 Å². The van der Waals surface area contributed by atoms with Gasteiger partial charge in [-0.3, -0.25) is 9.59 Å². The number of nitrogens with one attached hydrogen (secondary N) is 1. The van der Waals surface area contributed by atoms with Gasteiger partial charge in [-0.2, -0.15) is 0 Å². The Morgan fingerprint density at radius 2 is 2.14 bits per heavy atom. The molecule has 2 amide bonds. The second kappa shape index (κ2) is 8.49. The van der Waals surface area contributed by atoms with Crippen LogP contribution in [0.1, 0.15) is 16.8 Å². The molecule has 7 heteroatoms. The molecular formula is C14H20ClN3O3. The zero-order chi connectivity index (χ0) is 15.8. The molecule has 3 N–H and O–H groups in total. The lowest BCUT2D eigenvalue weighted by molar-refractivity contribution is -0.121. The van der Waals surface area contributed by atoms with Crippen molar-refractivity contribution in [1.29, 1.82) is 0 Å². The third-order valence-corrected chi connectivity index (χ3v) is 3.05. The van der Waals surface area contributed by atoms with Gasteiger partial charge in [0.05, 0.1) is 12.1 Å². The highest BCUT2D eigenvalue weighted by Crippen LogP contribution is 2.19. The maximum Gasteiger partial charge on any atom is 0.256 e. The van der Waals surface area contributed by atoms with Gasteiger partial charge in [-0.1, -0.05) is 11.6 Å². The molecule has 0 radical (unpaired) electrons. The molecule has 0 aliphatic carbocycles. The topological polar surface area (TPSA) is 84.7 Å². The van der Waals surface area contributed by atoms with Gasteiger partial charge in [0.25, 0.3) is 5.91 Å². The molecule has 0 saturated carbocycles. The van der Waals surface area contributed by atoms with E-state index in [0.29, 0.717) is 29.4 Å². The van der Waals surface area contributed by atoms with Crippen molar-refractivity contribution in [3.63, 3.8) is 0 Å². The second-order valence-corrected chi connectivity index (χ2v) is 5.03. The molecule has 0 atom stereocenters. The number of likely N-dealkylation sites (N-methyl/N-ethyl adjacent to an activating group) is 1. The van der Waals surface area contributed by atoms with E-state index in [1.54, 1.807) is 26.3 Å². The van der Waals surface area contributed by atoms with Crippen molar-refractivity contribution < 1.29 is 14.3 Å². The number of hydrogen-bond acceptors (Lipinski definition) is 4. The molecule has 0 aliphatic rings. The minimum absolute atomic E-state index is 0.0338. The van der Waals surface area contributed by atoms with E-state index in [1.165, 1.54) is 11.0 Å². The molecule has 0 bridgehead atoms. The van der Waals surface area contributed by atoms with Gasteiger partial charge >= 0.3 is 0 Å². The molecule has 0 aromatic heterocycles. The van der Waals surface area contributed by atoms with Crippen LogP contribution in [-0.4, -0.2) is 50.6 Å². The maximum absolute atomic E-state index is 12.2. The molecule has 0 unspecified atom stereocenters. The molecule has 6 nitrogen and oxygen atoms in total. The van der Waals surface area contributed by atoms with Crippen LogP contribution in [0.2, 0.25) is 5.02 Å². The van der Waals surface area contributed by atoms with Crippen LogP contribution in [-0.2, 0) is 9.53 Å². The molecule has 0 saturated heterocycles. The number of ether oxygens (including phenoxy) is 1. The summed E-state index contributed by atoms with van der Waals surface area (Å²) in [5, 5.41) is 3.17. The van der Waals surface area contributed by atoms with Gasteiger partial charge in [0.15, 0.2) is 0 Å². The Labute approximate surface area is 129 Å². The number of nitrogen functional groups attached to an aromatic ring is 1. The highest BCUT2D eigenvalue weighted by molar-refractivity contribution is 6.31. The molecule has 1 aromatic rings. The number of rotatable bonds is 7. The lowest BCUT2D eigenvalue weighted by Crippen LogP contribution is -2.39. The van der Waals surface area contributed by atoms with Crippen LogP contribution in [0.5, 0.6) is 0 Å². The third-order valence-electron chi connectivity index (χ3n) is 2.82. The largest absolute Gasteiger partial charge is 0.398 e. The van der Waals surface area contributed by atoms with Crippen LogP contribution in [0.3, 0.4) is 0 Å². The summed E-state index contributed by atoms with van der Waals surface area (Å²) in [4.78, 5) is 25.2. The van der Waals surface area contributed by atoms with Crippen LogP contribution < -0.4 is 11.1 Å². The lowest BCUT2D eigenvalue weighted by Gasteiger charge is -2.18. The summed E-state index contributed by atoms with van der Waals surface area (Å²) in [6.45, 7) is 1.06. The standard InChI is InChI=1S/C14H20ClN3O3/c1-18(9-13(19)17-6-3-7-21-2)14(20)11-5-4-10(15)8-12(11)16/h4-5,8H,3,6-7,9,16H2,1-2H3,(H,17,19). The number of carbonyl (C=O) groups is 2. The predicted molar refractivity (Wildman–Crippen MR) is 82.3 cm³/mol. The van der Waals surface area contributed by atoms with Crippen molar-refractivity contribution in [3.8, 4) is 0 Å². The monoisotopic (exact) mass is 313 g/mol. The van der Waals surface area contributed by atoms with Gasteiger partial charge in [-0.15, -0.1) is 0 Å². The van der Waals surface area contributed by atoms with Crippen LogP contribution in [0.25, 0.3) is 0 Å². The summed E-state index contributed by atoms with van der Waals surface area (Å²) >= 11 is 5.79. The Balaban J connectivity index is 2.52. The van der Waals surface area contributed by atoms with E-state index < -0.39 is 0 Å². The fraction of sp³-hybridized carbons (Fsp3) is 0.429. The van der Waals surface area contributed by atoms with E-state index in [9.17, 15) is 9.59 Å². The number of benzene rings is 1. The fourth-order valence-corrected chi connectivity index (χ4v) is 1.90. The zero-order valence-corrected chi connectivity index (χ0v) is 12.9. The molecule has 0 spiro atoms. The number of anilines is 1. The van der Waals surface area contributed by atoms with Gasteiger partial charge in [0.2, 0.25) is 5.91 Å². The molecule has 1 aromatic carbocycles. The van der Waals surface area contributed by atoms with E-state index in [-0.39, 0.29) is 18.4 Å². The Kier molecular flexibility index (Phi) is 6.98. The van der Waals surface area contributed by atoms with E-state index >= 15 is 0 Å². The number of halogens is 1. The first-order valence-electron chi connectivity index (χ1n) is 6.52. The molecule has 116 valence electrons. The van der Waals surface area contributed by atoms with Crippen LogP contribution in [0, 0.1) is 0 Å². The van der Waals surface area contributed by atoms with Gasteiger partial charge in [-0.25, -0.2) is 0 Å². The van der Waals surface area contributed by atoms with Crippen LogP contribution >= 0.6 is 11.6 Å². The first-order chi connectivity index (χ1) is 9.95. The summed E-state index contributed by atoms with van der Waals surface area (Å²) in [7, 11) is 3.15. The van der Waals surface area contributed by atoms with E-state index in [0.717, 1.165) is 6.42 Å². The first-order valence-corrected chi connectivity index (χ1v) is 6.89. The number of nitrogens with two attached hydrogens (primary N) is 1. The van der Waals surface area contributed by atoms with Crippen LogP contribution in [0.4, 0.5) is 5.69 Å². The van der Waals surface area contributed by atoms with Crippen LogP contribution in [0.15, 0.2) is 18.2 Å². The number of carbonyl (C=O) groups excluding carboxylic acids is 2. The molecule has 0 fully saturated rings. The summed E-state index contributed by atoms with van der Waals surface area (Å²) < 4.78 is 4.88. The Morgan fingerprint density at radius 1 is 1.43 bits per heavy atom. The number of amides is 2. The van der Waals surface area contributed by atoms with Gasteiger partial charge in [0.1, 0.15) is 0 Å². The second-order valence-electron chi connectivity index (χ2n) is 4.59. The summed E-state index contributed by atoms with van der Waals surface area (Å²) in [5.41, 5.74) is 6.38. The lowest BCUT2D eigenvalue weighted by atomic mass is 10.1. The highest BCUT2D eigenvalue weighted by Gasteiger charge is 2.17. The predicted octanol–water partition coefficient (Wildman–Crippen LogP) is 1.15. The fourth-order valence-electron chi connectivity index (χ4n) is 1.72. The Bertz CT molecular complexity index is 508. The molecule has 0 aliphatic heterocycles. The van der Waals surface area contributed by atoms with Gasteiger partial charge in [-0.05, 0) is 24.6 Å². The number of hydrogen-bond donors (Lipinski definition) is 2. The van der Waals surface area contributed by atoms with Crippen molar-refractivity contribution in [2.24, 2.45) is 0 Å². The first kappa shape index (κ1) is 17.3. The van der Waals surface area contributed by atoms with Crippen molar-refractivity contribution in [1.82, 2.24) is 10.2 Å². The number of methoxy groups -OCH3 is 1. The van der Waals surface area contributed by atoms with E-state index in [1.807, 2.05) is 0 Å². The van der Waals surface area contributed by atoms with E-state index in [2.05, 4.69) is 5.32 Å². The van der Waals surface area contributed by atoms with Crippen molar-refractivity contribution in [2.45, 2.75) is 6.42 Å².